The molecule has 0 unspecified atom stereocenters. The number of morpholine rings is 1. The van der Waals surface area contributed by atoms with Crippen LogP contribution in [0.25, 0.3) is 0 Å². The summed E-state index contributed by atoms with van der Waals surface area (Å²) in [5.41, 5.74) is -2.70. The summed E-state index contributed by atoms with van der Waals surface area (Å²) in [6, 6.07) is 5.89. The van der Waals surface area contributed by atoms with Crippen LogP contribution in [0.2, 0.25) is 0 Å². The van der Waals surface area contributed by atoms with Gasteiger partial charge >= 0.3 is 12.4 Å². The number of benzene rings is 2. The molecule has 2 aromatic carbocycles. The zero-order chi connectivity index (χ0) is 27.7. The van der Waals surface area contributed by atoms with Gasteiger partial charge in [0.05, 0.1) is 29.3 Å². The first kappa shape index (κ1) is 27.5. The first-order valence-corrected chi connectivity index (χ1v) is 11.8. The maximum Gasteiger partial charge on any atom is 0.418 e. The average molecular weight is 546 g/mol. The normalized spacial score (nSPS) is 17.4. The van der Waals surface area contributed by atoms with E-state index in [0.29, 0.717) is 32.4 Å². The number of hydrogen-bond donors (Lipinski definition) is 1. The topological polar surface area (TPSA) is 88.0 Å². The van der Waals surface area contributed by atoms with Gasteiger partial charge in [-0.2, -0.15) is 26.3 Å². The molecule has 2 heterocycles. The minimum atomic E-state index is -4.74. The summed E-state index contributed by atoms with van der Waals surface area (Å²) in [5.74, 6) is -1.09. The lowest BCUT2D eigenvalue weighted by Gasteiger charge is -2.33. The number of anilines is 3. The van der Waals surface area contributed by atoms with Crippen molar-refractivity contribution in [3.8, 4) is 0 Å². The van der Waals surface area contributed by atoms with E-state index in [2.05, 4.69) is 5.32 Å². The van der Waals surface area contributed by atoms with Crippen LogP contribution in [-0.4, -0.2) is 50.2 Å². The van der Waals surface area contributed by atoms with E-state index in [-0.39, 0.29) is 43.0 Å². The quantitative estimate of drug-likeness (QED) is 0.310. The predicted octanol–water partition coefficient (Wildman–Crippen LogP) is 5.32. The number of carbonyl (C=O) groups excluding carboxylic acids is 1. The van der Waals surface area contributed by atoms with Crippen molar-refractivity contribution in [2.45, 2.75) is 25.2 Å². The average Bonchev–Trinajstić information content (AvgIpc) is 2.88. The van der Waals surface area contributed by atoms with Crippen molar-refractivity contribution < 1.29 is 40.8 Å². The summed E-state index contributed by atoms with van der Waals surface area (Å²) in [5, 5.41) is 13.9. The fourth-order valence-electron chi connectivity index (χ4n) is 4.66. The summed E-state index contributed by atoms with van der Waals surface area (Å²) < 4.78 is 85.5. The standard InChI is InChI=1S/C24H24F6N4O4/c25-23(26,27)16-1-3-20(21(13-16)34(36)37)32-7-5-15(6-8-32)22(35)31-17-2-4-19(18(14-17)24(28,29)30)33-9-11-38-12-10-33/h1-4,13-15H,5-12H2,(H,31,35). The van der Waals surface area contributed by atoms with Crippen LogP contribution in [0.1, 0.15) is 24.0 Å². The predicted molar refractivity (Wildman–Crippen MR) is 126 cm³/mol. The third-order valence-electron chi connectivity index (χ3n) is 6.63. The van der Waals surface area contributed by atoms with Crippen LogP contribution < -0.4 is 15.1 Å². The van der Waals surface area contributed by atoms with E-state index in [0.717, 1.165) is 18.2 Å². The smallest absolute Gasteiger partial charge is 0.378 e. The van der Waals surface area contributed by atoms with Crippen LogP contribution in [-0.2, 0) is 21.9 Å². The lowest BCUT2D eigenvalue weighted by molar-refractivity contribution is -0.384. The second-order valence-electron chi connectivity index (χ2n) is 9.04. The van der Waals surface area contributed by atoms with Crippen LogP contribution in [0.5, 0.6) is 0 Å². The summed E-state index contributed by atoms with van der Waals surface area (Å²) in [4.78, 5) is 26.4. The number of nitro groups is 1. The van der Waals surface area contributed by atoms with Gasteiger partial charge in [0.15, 0.2) is 0 Å². The molecule has 1 N–H and O–H groups in total. The minimum absolute atomic E-state index is 0.00485. The van der Waals surface area contributed by atoms with Crippen molar-refractivity contribution in [2.24, 2.45) is 5.92 Å². The fraction of sp³-hybridized carbons (Fsp3) is 0.458. The van der Waals surface area contributed by atoms with Gasteiger partial charge in [-0.15, -0.1) is 0 Å². The van der Waals surface area contributed by atoms with Crippen molar-refractivity contribution in [1.29, 1.82) is 0 Å². The number of halogens is 6. The Kier molecular flexibility index (Phi) is 7.72. The molecule has 2 aliphatic heterocycles. The Bertz CT molecular complexity index is 1190. The molecule has 0 bridgehead atoms. The van der Waals surface area contributed by atoms with Gasteiger partial charge in [0.25, 0.3) is 5.69 Å². The SMILES string of the molecule is O=C(Nc1ccc(N2CCOCC2)c(C(F)(F)F)c1)C1CCN(c2ccc(C(F)(F)F)cc2[N+](=O)[O-])CC1. The maximum atomic E-state index is 13.8. The number of amides is 1. The van der Waals surface area contributed by atoms with E-state index in [1.807, 2.05) is 0 Å². The largest absolute Gasteiger partial charge is 0.418 e. The highest BCUT2D eigenvalue weighted by atomic mass is 19.4. The van der Waals surface area contributed by atoms with E-state index < -0.39 is 45.9 Å². The molecule has 0 radical (unpaired) electrons. The third kappa shape index (κ3) is 6.11. The molecule has 1 amide bonds. The molecule has 0 atom stereocenters. The second-order valence-corrected chi connectivity index (χ2v) is 9.04. The van der Waals surface area contributed by atoms with Gasteiger partial charge in [-0.25, -0.2) is 0 Å². The molecule has 38 heavy (non-hydrogen) atoms. The van der Waals surface area contributed by atoms with Crippen molar-refractivity contribution in [2.75, 3.05) is 54.5 Å². The first-order valence-electron chi connectivity index (χ1n) is 11.8. The van der Waals surface area contributed by atoms with Crippen LogP contribution >= 0.6 is 0 Å². The third-order valence-corrected chi connectivity index (χ3v) is 6.63. The number of piperidine rings is 1. The van der Waals surface area contributed by atoms with E-state index >= 15 is 0 Å². The molecule has 206 valence electrons. The summed E-state index contributed by atoms with van der Waals surface area (Å²) in [6.07, 6.45) is -8.96. The zero-order valence-electron chi connectivity index (χ0n) is 19.9. The lowest BCUT2D eigenvalue weighted by atomic mass is 9.95. The van der Waals surface area contributed by atoms with Crippen molar-refractivity contribution in [1.82, 2.24) is 0 Å². The van der Waals surface area contributed by atoms with E-state index in [9.17, 15) is 41.3 Å². The number of nitrogens with one attached hydrogen (secondary N) is 1. The molecular formula is C24H24F6N4O4. The number of nitrogens with zero attached hydrogens (tertiary/aromatic N) is 3. The highest BCUT2D eigenvalue weighted by Crippen LogP contribution is 2.40. The Morgan fingerprint density at radius 1 is 0.895 bits per heavy atom. The van der Waals surface area contributed by atoms with Crippen molar-refractivity contribution in [3.63, 3.8) is 0 Å². The van der Waals surface area contributed by atoms with Crippen LogP contribution in [0, 0.1) is 16.0 Å². The Morgan fingerprint density at radius 2 is 1.50 bits per heavy atom. The highest BCUT2D eigenvalue weighted by molar-refractivity contribution is 5.93. The maximum absolute atomic E-state index is 13.8. The van der Waals surface area contributed by atoms with Crippen LogP contribution in [0.3, 0.4) is 0 Å². The molecule has 2 fully saturated rings. The minimum Gasteiger partial charge on any atom is -0.378 e. The van der Waals surface area contributed by atoms with Gasteiger partial charge in [-0.1, -0.05) is 0 Å². The summed E-state index contributed by atoms with van der Waals surface area (Å²) in [6.45, 7) is 1.53. The highest BCUT2D eigenvalue weighted by Gasteiger charge is 2.37. The van der Waals surface area contributed by atoms with Crippen LogP contribution in [0.15, 0.2) is 36.4 Å². The van der Waals surface area contributed by atoms with Gasteiger partial charge < -0.3 is 19.9 Å². The number of rotatable bonds is 5. The second kappa shape index (κ2) is 10.7. The Balaban J connectivity index is 1.44. The van der Waals surface area contributed by atoms with Gasteiger partial charge in [0.2, 0.25) is 5.91 Å². The first-order chi connectivity index (χ1) is 17.8. The molecule has 0 aliphatic carbocycles. The molecule has 0 aromatic heterocycles. The molecule has 8 nitrogen and oxygen atoms in total. The van der Waals surface area contributed by atoms with Gasteiger partial charge in [-0.05, 0) is 43.2 Å². The number of nitro benzene ring substituents is 1. The van der Waals surface area contributed by atoms with Crippen molar-refractivity contribution in [3.05, 3.63) is 57.6 Å². The lowest BCUT2D eigenvalue weighted by Crippen LogP contribution is -2.38. The number of ether oxygens (including phenoxy) is 1. The van der Waals surface area contributed by atoms with Gasteiger partial charge in [0, 0.05) is 49.5 Å². The number of alkyl halides is 6. The molecule has 14 heteroatoms. The Labute approximate surface area is 213 Å². The molecule has 0 spiro atoms. The monoisotopic (exact) mass is 546 g/mol. The Morgan fingerprint density at radius 3 is 2.08 bits per heavy atom. The number of hydrogen-bond acceptors (Lipinski definition) is 6. The molecule has 2 aromatic rings. The van der Waals surface area contributed by atoms with E-state index in [1.54, 1.807) is 4.90 Å². The molecule has 4 rings (SSSR count). The van der Waals surface area contributed by atoms with E-state index in [4.69, 9.17) is 4.74 Å². The van der Waals surface area contributed by atoms with Crippen molar-refractivity contribution >= 4 is 28.7 Å². The molecule has 0 saturated carbocycles. The van der Waals surface area contributed by atoms with Crippen LogP contribution in [0.4, 0.5) is 49.1 Å². The molecule has 2 saturated heterocycles. The molecular weight excluding hydrogens is 522 g/mol. The van der Waals surface area contributed by atoms with Gasteiger partial charge in [-0.3, -0.25) is 14.9 Å². The zero-order valence-corrected chi connectivity index (χ0v) is 19.9. The number of carbonyl (C=O) groups is 1. The summed E-state index contributed by atoms with van der Waals surface area (Å²) in [7, 11) is 0. The summed E-state index contributed by atoms with van der Waals surface area (Å²) >= 11 is 0. The fourth-order valence-corrected chi connectivity index (χ4v) is 4.66. The molecule has 2 aliphatic rings. The Hall–Kier alpha value is -3.55. The van der Waals surface area contributed by atoms with E-state index in [1.165, 1.54) is 17.0 Å². The van der Waals surface area contributed by atoms with Gasteiger partial charge in [0.1, 0.15) is 5.69 Å².